The monoisotopic (exact) mass is 226 g/mol. The largest absolute Gasteiger partial charge is 0.440 e. The fraction of sp³-hybridized carbons (Fsp3) is 0.727. The summed E-state index contributed by atoms with van der Waals surface area (Å²) in [4.78, 5) is 4.32. The molecule has 0 saturated heterocycles. The molecule has 0 radical (unpaired) electrons. The van der Waals surface area contributed by atoms with Crippen molar-refractivity contribution in [1.82, 2.24) is 10.3 Å². The maximum Gasteiger partial charge on any atom is 0.256 e. The molecule has 0 bridgehead atoms. The van der Waals surface area contributed by atoms with Gasteiger partial charge in [0.05, 0.1) is 5.69 Å². The molecule has 0 aromatic carbocycles. The van der Waals surface area contributed by atoms with Crippen molar-refractivity contribution in [2.24, 2.45) is 0 Å². The number of aryl methyl sites for hydroxylation is 1. The summed E-state index contributed by atoms with van der Waals surface area (Å²) in [5, 5.41) is 5.00. The Morgan fingerprint density at radius 2 is 2.47 bits per heavy atom. The van der Waals surface area contributed by atoms with Crippen LogP contribution in [0.4, 0.5) is 0 Å². The Balaban J connectivity index is 1.82. The van der Waals surface area contributed by atoms with Gasteiger partial charge in [0.25, 0.3) is 5.22 Å². The van der Waals surface area contributed by atoms with E-state index in [-0.39, 0.29) is 0 Å². The van der Waals surface area contributed by atoms with E-state index in [0.717, 1.165) is 17.5 Å². The molecule has 1 aliphatic rings. The fourth-order valence-electron chi connectivity index (χ4n) is 2.05. The smallest absolute Gasteiger partial charge is 0.256 e. The summed E-state index contributed by atoms with van der Waals surface area (Å²) in [7, 11) is 0. The molecule has 84 valence electrons. The number of hydrogen-bond donors (Lipinski definition) is 1. The molecule has 2 unspecified atom stereocenters. The van der Waals surface area contributed by atoms with Crippen LogP contribution in [0.5, 0.6) is 0 Å². The third-order valence-electron chi connectivity index (χ3n) is 2.74. The molecule has 1 fully saturated rings. The van der Waals surface area contributed by atoms with Crippen LogP contribution in [-0.4, -0.2) is 22.8 Å². The molecule has 1 saturated carbocycles. The Morgan fingerprint density at radius 1 is 1.60 bits per heavy atom. The molecule has 0 amide bonds. The average molecular weight is 226 g/mol. The van der Waals surface area contributed by atoms with Crippen LogP contribution < -0.4 is 5.32 Å². The summed E-state index contributed by atoms with van der Waals surface area (Å²) in [6, 6.07) is 0.698. The molecule has 15 heavy (non-hydrogen) atoms. The molecule has 0 aliphatic heterocycles. The highest BCUT2D eigenvalue weighted by atomic mass is 32.2. The first kappa shape index (κ1) is 11.0. The SMILES string of the molecule is CCNC1CCC(Sc2nc(C)co2)C1. The van der Waals surface area contributed by atoms with Gasteiger partial charge >= 0.3 is 0 Å². The van der Waals surface area contributed by atoms with Crippen molar-refractivity contribution in [3.63, 3.8) is 0 Å². The molecule has 3 nitrogen and oxygen atoms in total. The predicted octanol–water partition coefficient (Wildman–Crippen LogP) is 2.61. The van der Waals surface area contributed by atoms with E-state index in [4.69, 9.17) is 4.42 Å². The number of thioether (sulfide) groups is 1. The first-order valence-corrected chi connectivity index (χ1v) is 6.48. The number of oxazole rings is 1. The molecule has 1 aliphatic carbocycles. The first-order valence-electron chi connectivity index (χ1n) is 5.60. The van der Waals surface area contributed by atoms with E-state index < -0.39 is 0 Å². The van der Waals surface area contributed by atoms with Crippen molar-refractivity contribution in [2.45, 2.75) is 49.6 Å². The summed E-state index contributed by atoms with van der Waals surface area (Å²) in [6.07, 6.45) is 5.51. The lowest BCUT2D eigenvalue weighted by atomic mass is 10.2. The van der Waals surface area contributed by atoms with Crippen LogP contribution in [0.15, 0.2) is 15.9 Å². The Morgan fingerprint density at radius 3 is 3.13 bits per heavy atom. The van der Waals surface area contributed by atoms with Crippen molar-refractivity contribution >= 4 is 11.8 Å². The second-order valence-electron chi connectivity index (χ2n) is 4.06. The van der Waals surface area contributed by atoms with Crippen molar-refractivity contribution in [3.05, 3.63) is 12.0 Å². The van der Waals surface area contributed by atoms with Gasteiger partial charge in [-0.05, 0) is 32.7 Å². The molecule has 2 atom stereocenters. The minimum Gasteiger partial charge on any atom is -0.440 e. The highest BCUT2D eigenvalue weighted by Crippen LogP contribution is 2.34. The maximum atomic E-state index is 5.35. The van der Waals surface area contributed by atoms with E-state index in [1.165, 1.54) is 19.3 Å². The van der Waals surface area contributed by atoms with Gasteiger partial charge in [-0.3, -0.25) is 0 Å². The highest BCUT2D eigenvalue weighted by Gasteiger charge is 2.25. The van der Waals surface area contributed by atoms with E-state index >= 15 is 0 Å². The molecular formula is C11H18N2OS. The van der Waals surface area contributed by atoms with Crippen molar-refractivity contribution < 1.29 is 4.42 Å². The van der Waals surface area contributed by atoms with E-state index in [0.29, 0.717) is 11.3 Å². The van der Waals surface area contributed by atoms with Gasteiger partial charge in [0, 0.05) is 11.3 Å². The van der Waals surface area contributed by atoms with E-state index in [2.05, 4.69) is 17.2 Å². The van der Waals surface area contributed by atoms with Crippen molar-refractivity contribution in [1.29, 1.82) is 0 Å². The second kappa shape index (κ2) is 5.03. The van der Waals surface area contributed by atoms with Crippen LogP contribution in [0, 0.1) is 6.92 Å². The van der Waals surface area contributed by atoms with Crippen LogP contribution in [0.2, 0.25) is 0 Å². The van der Waals surface area contributed by atoms with Crippen LogP contribution >= 0.6 is 11.8 Å². The predicted molar refractivity (Wildman–Crippen MR) is 62.2 cm³/mol. The third kappa shape index (κ3) is 2.98. The lowest BCUT2D eigenvalue weighted by Gasteiger charge is -2.09. The maximum absolute atomic E-state index is 5.35. The molecular weight excluding hydrogens is 208 g/mol. The summed E-state index contributed by atoms with van der Waals surface area (Å²) in [5.41, 5.74) is 0.971. The van der Waals surface area contributed by atoms with Gasteiger partial charge in [0.2, 0.25) is 0 Å². The van der Waals surface area contributed by atoms with Crippen LogP contribution in [-0.2, 0) is 0 Å². The zero-order valence-electron chi connectivity index (χ0n) is 9.32. The Kier molecular flexibility index (Phi) is 3.70. The topological polar surface area (TPSA) is 38.1 Å². The Bertz CT molecular complexity index is 313. The average Bonchev–Trinajstić information content (AvgIpc) is 2.78. The summed E-state index contributed by atoms with van der Waals surface area (Å²) in [5.74, 6) is 0. The summed E-state index contributed by atoms with van der Waals surface area (Å²) in [6.45, 7) is 5.20. The number of aromatic nitrogens is 1. The summed E-state index contributed by atoms with van der Waals surface area (Å²) >= 11 is 1.78. The van der Waals surface area contributed by atoms with E-state index in [1.807, 2.05) is 6.92 Å². The minimum absolute atomic E-state index is 0.673. The fourth-order valence-corrected chi connectivity index (χ4v) is 3.22. The molecule has 1 aromatic heterocycles. The number of rotatable bonds is 4. The standard InChI is InChI=1S/C11H18N2OS/c1-3-12-9-4-5-10(6-9)15-11-13-8(2)7-14-11/h7,9-10,12H,3-6H2,1-2H3. The van der Waals surface area contributed by atoms with Gasteiger partial charge < -0.3 is 9.73 Å². The Labute approximate surface area is 95.0 Å². The zero-order chi connectivity index (χ0) is 10.7. The second-order valence-corrected chi connectivity index (χ2v) is 5.31. The van der Waals surface area contributed by atoms with Crippen molar-refractivity contribution in [2.75, 3.05) is 6.54 Å². The Hall–Kier alpha value is -0.480. The summed E-state index contributed by atoms with van der Waals surface area (Å²) < 4.78 is 5.35. The van der Waals surface area contributed by atoms with E-state index in [1.54, 1.807) is 18.0 Å². The molecule has 4 heteroatoms. The highest BCUT2D eigenvalue weighted by molar-refractivity contribution is 7.99. The normalized spacial score (nSPS) is 26.0. The molecule has 2 rings (SSSR count). The molecule has 1 aromatic rings. The van der Waals surface area contributed by atoms with Crippen LogP contribution in [0.1, 0.15) is 31.9 Å². The lowest BCUT2D eigenvalue weighted by molar-refractivity contribution is 0.452. The van der Waals surface area contributed by atoms with Crippen LogP contribution in [0.3, 0.4) is 0 Å². The molecule has 1 heterocycles. The van der Waals surface area contributed by atoms with Crippen LogP contribution in [0.25, 0.3) is 0 Å². The van der Waals surface area contributed by atoms with Gasteiger partial charge in [0.1, 0.15) is 6.26 Å². The lowest BCUT2D eigenvalue weighted by Crippen LogP contribution is -2.26. The van der Waals surface area contributed by atoms with Crippen molar-refractivity contribution in [3.8, 4) is 0 Å². The van der Waals surface area contributed by atoms with Gasteiger partial charge in [-0.2, -0.15) is 0 Å². The molecule has 0 spiro atoms. The van der Waals surface area contributed by atoms with Gasteiger partial charge in [-0.15, -0.1) is 0 Å². The van der Waals surface area contributed by atoms with Gasteiger partial charge in [-0.25, -0.2) is 4.98 Å². The minimum atomic E-state index is 0.673. The van der Waals surface area contributed by atoms with Gasteiger partial charge in [0.15, 0.2) is 0 Å². The quantitative estimate of drug-likeness (QED) is 0.856. The number of hydrogen-bond acceptors (Lipinski definition) is 4. The van der Waals surface area contributed by atoms with Gasteiger partial charge in [-0.1, -0.05) is 18.7 Å². The zero-order valence-corrected chi connectivity index (χ0v) is 10.1. The number of nitrogens with one attached hydrogen (secondary N) is 1. The van der Waals surface area contributed by atoms with E-state index in [9.17, 15) is 0 Å². The third-order valence-corrected chi connectivity index (χ3v) is 3.89. The first-order chi connectivity index (χ1) is 7.28. The molecule has 1 N–H and O–H groups in total. The number of nitrogens with zero attached hydrogens (tertiary/aromatic N) is 1.